The van der Waals surface area contributed by atoms with Crippen LogP contribution in [0.1, 0.15) is 46.5 Å². The highest BCUT2D eigenvalue weighted by Crippen LogP contribution is 2.53. The van der Waals surface area contributed by atoms with Crippen LogP contribution in [0, 0.1) is 23.2 Å². The molecule has 2 heterocycles. The lowest BCUT2D eigenvalue weighted by Gasteiger charge is -2.43. The number of hydrogen-bond donors (Lipinski definition) is 0. The second-order valence-corrected chi connectivity index (χ2v) is 8.83. The van der Waals surface area contributed by atoms with Crippen LogP contribution in [0.2, 0.25) is 0 Å². The first-order chi connectivity index (χ1) is 11.9. The number of carbonyl (C=O) groups is 2. The molecule has 0 N–H and O–H groups in total. The molecule has 5 atom stereocenters. The Morgan fingerprint density at radius 3 is 2.88 bits per heavy atom. The normalized spacial score (nSPS) is 41.6. The number of ether oxygens (including phenoxy) is 1. The largest absolute Gasteiger partial charge is 0.457 e. The van der Waals surface area contributed by atoms with Crippen LogP contribution >= 0.6 is 0 Å². The van der Waals surface area contributed by atoms with E-state index in [0.717, 1.165) is 43.6 Å². The molecule has 4 rings (SSSR count). The second kappa shape index (κ2) is 6.08. The number of esters is 1. The molecule has 0 radical (unpaired) electrons. The van der Waals surface area contributed by atoms with E-state index in [9.17, 15) is 9.59 Å². The molecule has 0 aromatic heterocycles. The lowest BCUT2D eigenvalue weighted by molar-refractivity contribution is -0.144. The highest BCUT2D eigenvalue weighted by molar-refractivity contribution is 6.05. The van der Waals surface area contributed by atoms with E-state index in [4.69, 9.17) is 4.74 Å². The Kier molecular flexibility index (Phi) is 4.14. The van der Waals surface area contributed by atoms with Crippen molar-refractivity contribution in [2.45, 2.75) is 52.6 Å². The average Bonchev–Trinajstić information content (AvgIpc) is 2.87. The van der Waals surface area contributed by atoms with Gasteiger partial charge in [-0.3, -0.25) is 9.59 Å². The van der Waals surface area contributed by atoms with Crippen molar-refractivity contribution in [3.63, 3.8) is 0 Å². The van der Waals surface area contributed by atoms with E-state index in [2.05, 4.69) is 18.7 Å². The molecule has 0 aromatic rings. The van der Waals surface area contributed by atoms with E-state index in [1.165, 1.54) is 12.8 Å². The van der Waals surface area contributed by atoms with Crippen molar-refractivity contribution in [2.24, 2.45) is 23.2 Å². The third kappa shape index (κ3) is 2.79. The van der Waals surface area contributed by atoms with Crippen LogP contribution in [0.3, 0.4) is 0 Å². The molecular formula is C21H29NO3. The van der Waals surface area contributed by atoms with Crippen LogP contribution in [0.4, 0.5) is 0 Å². The first-order valence-electron chi connectivity index (χ1n) is 9.77. The summed E-state index contributed by atoms with van der Waals surface area (Å²) in [5.74, 6) is 0.906. The van der Waals surface area contributed by atoms with Crippen LogP contribution in [0.15, 0.2) is 23.3 Å². The molecular weight excluding hydrogens is 314 g/mol. The predicted octanol–water partition coefficient (Wildman–Crippen LogP) is 3.13. The molecule has 136 valence electrons. The summed E-state index contributed by atoms with van der Waals surface area (Å²) in [4.78, 5) is 27.3. The van der Waals surface area contributed by atoms with Gasteiger partial charge in [-0.25, -0.2) is 0 Å². The van der Waals surface area contributed by atoms with E-state index < -0.39 is 0 Å². The maximum absolute atomic E-state index is 12.7. The Balaban J connectivity index is 1.58. The first kappa shape index (κ1) is 17.0. The van der Waals surface area contributed by atoms with E-state index in [1.54, 1.807) is 6.08 Å². The summed E-state index contributed by atoms with van der Waals surface area (Å²) in [6.07, 6.45) is 8.02. The van der Waals surface area contributed by atoms with E-state index in [0.29, 0.717) is 5.92 Å². The summed E-state index contributed by atoms with van der Waals surface area (Å²) in [5, 5.41) is 0. The number of likely N-dealkylation sites (tertiary alicyclic amines) is 1. The second-order valence-electron chi connectivity index (χ2n) is 8.83. The Hall–Kier alpha value is -1.42. The van der Waals surface area contributed by atoms with Crippen molar-refractivity contribution in [3.8, 4) is 0 Å². The molecule has 2 aliphatic heterocycles. The minimum Gasteiger partial charge on any atom is -0.457 e. The van der Waals surface area contributed by atoms with Gasteiger partial charge in [0.1, 0.15) is 6.10 Å². The number of hydrogen-bond acceptors (Lipinski definition) is 4. The molecule has 2 aliphatic carbocycles. The molecule has 25 heavy (non-hydrogen) atoms. The minimum atomic E-state index is -0.202. The fraction of sp³-hybridized carbons (Fsp3) is 0.714. The van der Waals surface area contributed by atoms with Crippen LogP contribution < -0.4 is 0 Å². The van der Waals surface area contributed by atoms with Crippen LogP contribution in [-0.4, -0.2) is 42.4 Å². The molecule has 0 aromatic carbocycles. The summed E-state index contributed by atoms with van der Waals surface area (Å²) in [6, 6.07) is 0. The molecule has 3 fully saturated rings. The van der Waals surface area contributed by atoms with Gasteiger partial charge >= 0.3 is 5.97 Å². The van der Waals surface area contributed by atoms with Gasteiger partial charge in [-0.1, -0.05) is 19.9 Å². The number of rotatable bonds is 2. The summed E-state index contributed by atoms with van der Waals surface area (Å²) in [7, 11) is 0. The van der Waals surface area contributed by atoms with Crippen molar-refractivity contribution in [3.05, 3.63) is 23.3 Å². The molecule has 0 amide bonds. The molecule has 2 saturated heterocycles. The lowest BCUT2D eigenvalue weighted by atomic mass is 9.61. The molecule has 4 nitrogen and oxygen atoms in total. The zero-order valence-corrected chi connectivity index (χ0v) is 15.6. The first-order valence-corrected chi connectivity index (χ1v) is 9.77. The Morgan fingerprint density at radius 2 is 2.12 bits per heavy atom. The van der Waals surface area contributed by atoms with E-state index in [1.807, 2.05) is 13.0 Å². The van der Waals surface area contributed by atoms with Crippen LogP contribution in [0.5, 0.6) is 0 Å². The molecule has 0 bridgehead atoms. The van der Waals surface area contributed by atoms with Gasteiger partial charge in [0.25, 0.3) is 0 Å². The van der Waals surface area contributed by atoms with Crippen LogP contribution in [0.25, 0.3) is 0 Å². The Morgan fingerprint density at radius 1 is 1.32 bits per heavy atom. The Bertz CT molecular complexity index is 664. The van der Waals surface area contributed by atoms with Gasteiger partial charge in [-0.05, 0) is 56.7 Å². The summed E-state index contributed by atoms with van der Waals surface area (Å²) in [6.45, 7) is 9.36. The zero-order chi connectivity index (χ0) is 17.8. The number of ketones is 1. The molecule has 4 aliphatic rings. The van der Waals surface area contributed by atoms with Gasteiger partial charge in [0, 0.05) is 30.0 Å². The fourth-order valence-electron chi connectivity index (χ4n) is 5.51. The standard InChI is InChI=1S/C21H29NO3/c1-13-5-4-10-22(11-13)12-16-15-6-8-21(3)9-7-17(23)14(2)18(21)19(15)25-20(16)24/h7,9,13,15-16,19H,4-6,8,10-12H2,1-3H3/t13-,15-,16+,19+,21+/m0/s1. The zero-order valence-electron chi connectivity index (χ0n) is 15.6. The maximum Gasteiger partial charge on any atom is 0.311 e. The molecule has 0 spiro atoms. The summed E-state index contributed by atoms with van der Waals surface area (Å²) < 4.78 is 5.89. The minimum absolute atomic E-state index is 0.0406. The van der Waals surface area contributed by atoms with E-state index >= 15 is 0 Å². The number of allylic oxidation sites excluding steroid dienone is 3. The smallest absolute Gasteiger partial charge is 0.311 e. The number of piperidine rings is 1. The van der Waals surface area contributed by atoms with Crippen molar-refractivity contribution in [1.82, 2.24) is 4.90 Å². The number of nitrogens with zero attached hydrogens (tertiary/aromatic N) is 1. The van der Waals surface area contributed by atoms with Crippen LogP contribution in [-0.2, 0) is 14.3 Å². The van der Waals surface area contributed by atoms with Gasteiger partial charge in [-0.2, -0.15) is 0 Å². The molecule has 1 saturated carbocycles. The highest BCUT2D eigenvalue weighted by atomic mass is 16.6. The van der Waals surface area contributed by atoms with Crippen molar-refractivity contribution in [2.75, 3.05) is 19.6 Å². The monoisotopic (exact) mass is 343 g/mol. The quantitative estimate of drug-likeness (QED) is 0.723. The van der Waals surface area contributed by atoms with E-state index in [-0.39, 0.29) is 35.1 Å². The van der Waals surface area contributed by atoms with Gasteiger partial charge in [0.15, 0.2) is 5.78 Å². The van der Waals surface area contributed by atoms with Gasteiger partial charge in [-0.15, -0.1) is 0 Å². The third-order valence-electron chi connectivity index (χ3n) is 6.92. The lowest BCUT2D eigenvalue weighted by Crippen LogP contribution is -2.43. The predicted molar refractivity (Wildman–Crippen MR) is 95.9 cm³/mol. The van der Waals surface area contributed by atoms with Crippen molar-refractivity contribution >= 4 is 11.8 Å². The van der Waals surface area contributed by atoms with Crippen molar-refractivity contribution < 1.29 is 14.3 Å². The van der Waals surface area contributed by atoms with Gasteiger partial charge in [0.2, 0.25) is 0 Å². The summed E-state index contributed by atoms with van der Waals surface area (Å²) >= 11 is 0. The highest BCUT2D eigenvalue weighted by Gasteiger charge is 2.54. The van der Waals surface area contributed by atoms with Crippen molar-refractivity contribution in [1.29, 1.82) is 0 Å². The summed E-state index contributed by atoms with van der Waals surface area (Å²) in [5.41, 5.74) is 1.73. The van der Waals surface area contributed by atoms with Gasteiger partial charge in [0.05, 0.1) is 5.92 Å². The average molecular weight is 343 g/mol. The topological polar surface area (TPSA) is 46.6 Å². The SMILES string of the molecule is CC1=C2[C@@H]3OC(=O)[C@H](CN4CCC[C@H](C)C4)[C@@H]3CC[C@]2(C)C=CC1=O. The maximum atomic E-state index is 12.7. The number of fused-ring (bicyclic) bond motifs is 3. The molecule has 4 heteroatoms. The number of carbonyl (C=O) groups excluding carboxylic acids is 2. The molecule has 0 unspecified atom stereocenters. The third-order valence-corrected chi connectivity index (χ3v) is 6.92. The van der Waals surface area contributed by atoms with Gasteiger partial charge < -0.3 is 9.64 Å². The Labute approximate surface area is 150 Å². The fourth-order valence-corrected chi connectivity index (χ4v) is 5.51.